The summed E-state index contributed by atoms with van der Waals surface area (Å²) >= 11 is 0. The van der Waals surface area contributed by atoms with Crippen molar-refractivity contribution in [1.29, 1.82) is 0 Å². The zero-order chi connectivity index (χ0) is 24.2. The Morgan fingerprint density at radius 2 is 1.58 bits per heavy atom. The standard InChI is InChI=1S/C19H24F3N5O4S2/c1-24(2)32(28,29)15-3-5-16(6-4-15)33(30,31)26-13-18(27-17(26)7-10-23-27)8-11-25(12-9-18)14-19(20,21)22/h3-7,10H,8-9,11-14H2,1-2H3. The van der Waals surface area contributed by atoms with Crippen LogP contribution in [0.3, 0.4) is 0 Å². The highest BCUT2D eigenvalue weighted by molar-refractivity contribution is 7.93. The van der Waals surface area contributed by atoms with Gasteiger partial charge in [-0.2, -0.15) is 18.3 Å². The molecule has 2 aliphatic heterocycles. The van der Waals surface area contributed by atoms with Crippen LogP contribution in [0.4, 0.5) is 19.0 Å². The Bertz CT molecular complexity index is 1230. The van der Waals surface area contributed by atoms with E-state index in [2.05, 4.69) is 5.10 Å². The number of hydrogen-bond acceptors (Lipinski definition) is 6. The molecule has 0 aliphatic carbocycles. The number of likely N-dealkylation sites (tertiary alicyclic amines) is 1. The van der Waals surface area contributed by atoms with E-state index in [1.165, 1.54) is 53.8 Å². The lowest BCUT2D eigenvalue weighted by Crippen LogP contribution is -2.50. The number of halogens is 3. The van der Waals surface area contributed by atoms with Gasteiger partial charge in [0.15, 0.2) is 0 Å². The van der Waals surface area contributed by atoms with Gasteiger partial charge in [0.05, 0.1) is 34.6 Å². The topological polar surface area (TPSA) is 95.8 Å². The van der Waals surface area contributed by atoms with Crippen molar-refractivity contribution in [1.82, 2.24) is 19.0 Å². The van der Waals surface area contributed by atoms with Crippen LogP contribution in [0.15, 0.2) is 46.3 Å². The van der Waals surface area contributed by atoms with E-state index in [1.54, 1.807) is 10.7 Å². The molecule has 0 saturated carbocycles. The van der Waals surface area contributed by atoms with Crippen LogP contribution in [0.1, 0.15) is 12.8 Å². The van der Waals surface area contributed by atoms with Crippen molar-refractivity contribution in [2.24, 2.45) is 0 Å². The minimum absolute atomic E-state index is 0.0357. The molecule has 3 heterocycles. The van der Waals surface area contributed by atoms with E-state index in [-0.39, 0.29) is 29.4 Å². The third-order valence-electron chi connectivity index (χ3n) is 6.15. The zero-order valence-electron chi connectivity index (χ0n) is 18.0. The molecule has 2 aliphatic rings. The van der Waals surface area contributed by atoms with E-state index in [9.17, 15) is 30.0 Å². The van der Waals surface area contributed by atoms with Gasteiger partial charge in [-0.1, -0.05) is 0 Å². The molecule has 1 saturated heterocycles. The first-order valence-corrected chi connectivity index (χ1v) is 13.0. The molecule has 2 aromatic rings. The lowest BCUT2D eigenvalue weighted by Gasteiger charge is -2.39. The highest BCUT2D eigenvalue weighted by Gasteiger charge is 2.49. The predicted molar refractivity (Wildman–Crippen MR) is 114 cm³/mol. The number of alkyl halides is 3. The molecule has 1 aromatic heterocycles. The fourth-order valence-electron chi connectivity index (χ4n) is 4.35. The molecule has 9 nitrogen and oxygen atoms in total. The minimum atomic E-state index is -4.29. The van der Waals surface area contributed by atoms with Gasteiger partial charge in [0.25, 0.3) is 10.0 Å². The van der Waals surface area contributed by atoms with E-state index in [1.807, 2.05) is 0 Å². The summed E-state index contributed by atoms with van der Waals surface area (Å²) in [6.07, 6.45) is -2.18. The summed E-state index contributed by atoms with van der Waals surface area (Å²) in [5.74, 6) is 0.337. The quantitative estimate of drug-likeness (QED) is 0.611. The van der Waals surface area contributed by atoms with Crippen LogP contribution in [0, 0.1) is 0 Å². The third kappa shape index (κ3) is 4.24. The van der Waals surface area contributed by atoms with Crippen molar-refractivity contribution < 1.29 is 30.0 Å². The largest absolute Gasteiger partial charge is 0.401 e. The van der Waals surface area contributed by atoms with Crippen LogP contribution in [0.2, 0.25) is 0 Å². The summed E-state index contributed by atoms with van der Waals surface area (Å²) < 4.78 is 93.5. The van der Waals surface area contributed by atoms with E-state index < -0.39 is 38.3 Å². The molecular formula is C19H24F3N5O4S2. The summed E-state index contributed by atoms with van der Waals surface area (Å²) in [5, 5.41) is 4.28. The number of hydrogen-bond donors (Lipinski definition) is 0. The van der Waals surface area contributed by atoms with Crippen LogP contribution in [-0.2, 0) is 25.6 Å². The van der Waals surface area contributed by atoms with Gasteiger partial charge in [-0.05, 0) is 37.1 Å². The normalized spacial score (nSPS) is 19.4. The van der Waals surface area contributed by atoms with E-state index in [4.69, 9.17) is 0 Å². The molecule has 0 unspecified atom stereocenters. The highest BCUT2D eigenvalue weighted by atomic mass is 32.2. The van der Waals surface area contributed by atoms with E-state index in [0.29, 0.717) is 18.7 Å². The maximum Gasteiger partial charge on any atom is 0.401 e. The molecule has 33 heavy (non-hydrogen) atoms. The van der Waals surface area contributed by atoms with Gasteiger partial charge < -0.3 is 0 Å². The number of aromatic nitrogens is 2. The van der Waals surface area contributed by atoms with Crippen molar-refractivity contribution in [2.45, 2.75) is 34.3 Å². The van der Waals surface area contributed by atoms with Crippen LogP contribution < -0.4 is 4.31 Å². The zero-order valence-corrected chi connectivity index (χ0v) is 19.7. The smallest absolute Gasteiger partial charge is 0.295 e. The molecular weight excluding hydrogens is 483 g/mol. The van der Waals surface area contributed by atoms with Gasteiger partial charge in [-0.15, -0.1) is 0 Å². The number of sulfonamides is 2. The number of rotatable bonds is 5. The Morgan fingerprint density at radius 3 is 2.12 bits per heavy atom. The van der Waals surface area contributed by atoms with Crippen LogP contribution in [-0.4, -0.2) is 82.3 Å². The Morgan fingerprint density at radius 1 is 1.00 bits per heavy atom. The van der Waals surface area contributed by atoms with Gasteiger partial charge in [0.1, 0.15) is 5.82 Å². The van der Waals surface area contributed by atoms with Crippen molar-refractivity contribution in [3.8, 4) is 0 Å². The summed E-state index contributed by atoms with van der Waals surface area (Å²) in [7, 11) is -5.00. The minimum Gasteiger partial charge on any atom is -0.295 e. The van der Waals surface area contributed by atoms with Gasteiger partial charge in [-0.25, -0.2) is 30.1 Å². The highest BCUT2D eigenvalue weighted by Crippen LogP contribution is 2.43. The summed E-state index contributed by atoms with van der Waals surface area (Å²) in [6.45, 7) is -0.608. The van der Waals surface area contributed by atoms with Crippen molar-refractivity contribution in [3.63, 3.8) is 0 Å². The van der Waals surface area contributed by atoms with Crippen molar-refractivity contribution in [3.05, 3.63) is 36.5 Å². The fraction of sp³-hybridized carbons (Fsp3) is 0.526. The SMILES string of the molecule is CN(C)S(=O)(=O)c1ccc(S(=O)(=O)N2CC3(CCN(CC(F)(F)F)CC3)n3nccc32)cc1. The molecule has 4 rings (SSSR count). The number of benzene rings is 1. The first-order chi connectivity index (χ1) is 15.3. The third-order valence-corrected chi connectivity index (χ3v) is 9.74. The van der Waals surface area contributed by atoms with Gasteiger partial charge in [0.2, 0.25) is 10.0 Å². The maximum absolute atomic E-state index is 13.4. The van der Waals surface area contributed by atoms with Crippen molar-refractivity contribution in [2.75, 3.05) is 44.6 Å². The van der Waals surface area contributed by atoms with Crippen LogP contribution in [0.5, 0.6) is 0 Å². The summed E-state index contributed by atoms with van der Waals surface area (Å²) in [5.41, 5.74) is -0.734. The Labute approximate surface area is 190 Å². The second-order valence-corrected chi connectivity index (χ2v) is 12.5. The summed E-state index contributed by atoms with van der Waals surface area (Å²) in [6, 6.07) is 6.51. The van der Waals surface area contributed by atoms with E-state index in [0.717, 1.165) is 4.31 Å². The monoisotopic (exact) mass is 507 g/mol. The molecule has 1 spiro atoms. The Kier molecular flexibility index (Phi) is 5.78. The Balaban J connectivity index is 1.60. The number of piperidine rings is 1. The average molecular weight is 508 g/mol. The molecule has 0 amide bonds. The fourth-order valence-corrected chi connectivity index (χ4v) is 6.78. The van der Waals surface area contributed by atoms with Gasteiger partial charge in [0, 0.05) is 33.3 Å². The lowest BCUT2D eigenvalue weighted by molar-refractivity contribution is -0.150. The number of fused-ring (bicyclic) bond motifs is 2. The second kappa shape index (κ2) is 7.96. The summed E-state index contributed by atoms with van der Waals surface area (Å²) in [4.78, 5) is 1.20. The van der Waals surface area contributed by atoms with Gasteiger partial charge >= 0.3 is 6.18 Å². The maximum atomic E-state index is 13.4. The number of anilines is 1. The van der Waals surface area contributed by atoms with E-state index >= 15 is 0 Å². The molecule has 0 radical (unpaired) electrons. The lowest BCUT2D eigenvalue weighted by atomic mass is 9.88. The molecule has 0 atom stereocenters. The first kappa shape index (κ1) is 24.0. The van der Waals surface area contributed by atoms with Crippen LogP contribution in [0.25, 0.3) is 0 Å². The van der Waals surface area contributed by atoms with Crippen LogP contribution >= 0.6 is 0 Å². The number of nitrogens with zero attached hydrogens (tertiary/aromatic N) is 5. The molecule has 1 aromatic carbocycles. The van der Waals surface area contributed by atoms with Gasteiger partial charge in [-0.3, -0.25) is 4.90 Å². The molecule has 0 N–H and O–H groups in total. The Hall–Kier alpha value is -2.16. The first-order valence-electron chi connectivity index (χ1n) is 10.2. The van der Waals surface area contributed by atoms with Crippen molar-refractivity contribution >= 4 is 25.9 Å². The second-order valence-electron chi connectivity index (χ2n) is 8.49. The molecule has 1 fully saturated rings. The average Bonchev–Trinajstić information content (AvgIpc) is 3.32. The molecule has 0 bridgehead atoms. The predicted octanol–water partition coefficient (Wildman–Crippen LogP) is 1.70. The molecule has 182 valence electrons. The molecule has 14 heteroatoms.